The van der Waals surface area contributed by atoms with Crippen molar-refractivity contribution < 1.29 is 0 Å². The summed E-state index contributed by atoms with van der Waals surface area (Å²) in [6.45, 7) is 4.52. The summed E-state index contributed by atoms with van der Waals surface area (Å²) in [4.78, 5) is 9.17. The van der Waals surface area contributed by atoms with Gasteiger partial charge in [-0.25, -0.2) is 9.97 Å². The van der Waals surface area contributed by atoms with E-state index in [9.17, 15) is 0 Å². The van der Waals surface area contributed by atoms with Crippen molar-refractivity contribution in [2.45, 2.75) is 110 Å². The maximum absolute atomic E-state index is 4.58. The highest BCUT2D eigenvalue weighted by atomic mass is 14.9. The Hall–Kier alpha value is -1.70. The van der Waals surface area contributed by atoms with Crippen LogP contribution in [-0.4, -0.2) is 9.97 Å². The second-order valence-electron chi connectivity index (χ2n) is 9.84. The zero-order valence-corrected chi connectivity index (χ0v) is 20.1. The number of benzene rings is 1. The number of hydrogen-bond donors (Lipinski definition) is 0. The number of unbranched alkanes of at least 4 members (excludes halogenated alkanes) is 5. The molecule has 1 aliphatic rings. The molecule has 3 rings (SSSR count). The van der Waals surface area contributed by atoms with Gasteiger partial charge in [-0.2, -0.15) is 0 Å². The van der Waals surface area contributed by atoms with Gasteiger partial charge in [0.25, 0.3) is 0 Å². The third kappa shape index (κ3) is 8.39. The van der Waals surface area contributed by atoms with Gasteiger partial charge in [-0.3, -0.25) is 0 Å². The summed E-state index contributed by atoms with van der Waals surface area (Å²) in [5, 5.41) is 0. The van der Waals surface area contributed by atoms with Gasteiger partial charge in [0.05, 0.1) is 0 Å². The molecule has 170 valence electrons. The lowest BCUT2D eigenvalue weighted by Crippen LogP contribution is -2.15. The monoisotopic (exact) mass is 420 g/mol. The third-order valence-electron chi connectivity index (χ3n) is 7.26. The van der Waals surface area contributed by atoms with Gasteiger partial charge in [0.15, 0.2) is 5.82 Å². The Morgan fingerprint density at radius 1 is 0.645 bits per heavy atom. The average molecular weight is 421 g/mol. The zero-order valence-electron chi connectivity index (χ0n) is 20.1. The largest absolute Gasteiger partial charge is 0.236 e. The molecule has 1 aromatic heterocycles. The molecule has 0 spiro atoms. The summed E-state index contributed by atoms with van der Waals surface area (Å²) in [7, 11) is 0. The summed E-state index contributed by atoms with van der Waals surface area (Å²) in [6, 6.07) is 8.97. The highest BCUT2D eigenvalue weighted by Gasteiger charge is 2.20. The minimum Gasteiger partial charge on any atom is -0.236 e. The molecule has 1 fully saturated rings. The fourth-order valence-corrected chi connectivity index (χ4v) is 5.05. The van der Waals surface area contributed by atoms with Gasteiger partial charge in [0.2, 0.25) is 0 Å². The van der Waals surface area contributed by atoms with Crippen molar-refractivity contribution in [1.29, 1.82) is 0 Å². The van der Waals surface area contributed by atoms with Crippen molar-refractivity contribution in [2.24, 2.45) is 11.8 Å². The first kappa shape index (κ1) is 24.0. The first-order valence-electron chi connectivity index (χ1n) is 13.2. The van der Waals surface area contributed by atoms with Crippen LogP contribution in [0, 0.1) is 11.8 Å². The van der Waals surface area contributed by atoms with Crippen LogP contribution >= 0.6 is 0 Å². The molecular weight excluding hydrogens is 376 g/mol. The maximum Gasteiger partial charge on any atom is 0.159 e. The van der Waals surface area contributed by atoms with Crippen molar-refractivity contribution in [3.05, 3.63) is 47.8 Å². The third-order valence-corrected chi connectivity index (χ3v) is 7.26. The van der Waals surface area contributed by atoms with Crippen molar-refractivity contribution in [3.8, 4) is 11.4 Å². The van der Waals surface area contributed by atoms with Crippen molar-refractivity contribution >= 4 is 0 Å². The van der Waals surface area contributed by atoms with Gasteiger partial charge in [-0.05, 0) is 48.6 Å². The van der Waals surface area contributed by atoms with Crippen LogP contribution in [0.4, 0.5) is 0 Å². The van der Waals surface area contributed by atoms with Crippen LogP contribution in [0.1, 0.15) is 108 Å². The smallest absolute Gasteiger partial charge is 0.159 e. The second-order valence-corrected chi connectivity index (χ2v) is 9.84. The van der Waals surface area contributed by atoms with Gasteiger partial charge in [-0.1, -0.05) is 109 Å². The van der Waals surface area contributed by atoms with Crippen molar-refractivity contribution in [1.82, 2.24) is 9.97 Å². The maximum atomic E-state index is 4.58. The Bertz CT molecular complexity index is 711. The lowest BCUT2D eigenvalue weighted by Gasteiger charge is -2.28. The molecule has 0 bridgehead atoms. The van der Waals surface area contributed by atoms with Gasteiger partial charge in [-0.15, -0.1) is 0 Å². The van der Waals surface area contributed by atoms with Crippen LogP contribution < -0.4 is 0 Å². The summed E-state index contributed by atoms with van der Waals surface area (Å²) in [5.41, 5.74) is 3.83. The normalized spacial score (nSPS) is 18.9. The topological polar surface area (TPSA) is 25.8 Å². The molecule has 1 aliphatic carbocycles. The summed E-state index contributed by atoms with van der Waals surface area (Å²) < 4.78 is 0. The van der Waals surface area contributed by atoms with Crippen LogP contribution in [0.3, 0.4) is 0 Å². The SMILES string of the molecule is CCCCCCCC1CCC(CCc2ccc(-c3ncc(CCCC)cn3)cc2)CC1. The number of nitrogens with zero attached hydrogens (tertiary/aromatic N) is 2. The molecule has 0 N–H and O–H groups in total. The minimum absolute atomic E-state index is 0.847. The van der Waals surface area contributed by atoms with Crippen LogP contribution in [0.15, 0.2) is 36.7 Å². The molecule has 2 nitrogen and oxygen atoms in total. The molecular formula is C29H44N2. The van der Waals surface area contributed by atoms with E-state index in [-0.39, 0.29) is 0 Å². The van der Waals surface area contributed by atoms with Gasteiger partial charge in [0.1, 0.15) is 0 Å². The first-order chi connectivity index (χ1) is 15.3. The Balaban J connectivity index is 1.36. The molecule has 0 unspecified atom stereocenters. The van der Waals surface area contributed by atoms with E-state index in [4.69, 9.17) is 0 Å². The Kier molecular flexibility index (Phi) is 10.6. The zero-order chi connectivity index (χ0) is 21.7. The predicted octanol–water partition coefficient (Wildman–Crippen LogP) is 8.59. The van der Waals surface area contributed by atoms with Gasteiger partial charge < -0.3 is 0 Å². The molecule has 1 aromatic carbocycles. The highest BCUT2D eigenvalue weighted by Crippen LogP contribution is 2.34. The van der Waals surface area contributed by atoms with Gasteiger partial charge in [0, 0.05) is 18.0 Å². The summed E-state index contributed by atoms with van der Waals surface area (Å²) in [5.74, 6) is 2.81. The van der Waals surface area contributed by atoms with E-state index in [1.807, 2.05) is 12.4 Å². The lowest BCUT2D eigenvalue weighted by atomic mass is 9.77. The Morgan fingerprint density at radius 3 is 1.90 bits per heavy atom. The minimum atomic E-state index is 0.847. The Morgan fingerprint density at radius 2 is 1.26 bits per heavy atom. The number of hydrogen-bond acceptors (Lipinski definition) is 2. The molecule has 0 amide bonds. The van der Waals surface area contributed by atoms with Crippen LogP contribution in [0.2, 0.25) is 0 Å². The molecule has 2 aromatic rings. The van der Waals surface area contributed by atoms with E-state index >= 15 is 0 Å². The number of aryl methyl sites for hydroxylation is 2. The number of aromatic nitrogens is 2. The fourth-order valence-electron chi connectivity index (χ4n) is 5.05. The molecule has 0 saturated heterocycles. The molecule has 31 heavy (non-hydrogen) atoms. The van der Waals surface area contributed by atoms with E-state index in [0.29, 0.717) is 0 Å². The molecule has 1 saturated carbocycles. The van der Waals surface area contributed by atoms with E-state index in [0.717, 1.165) is 29.6 Å². The predicted molar refractivity (Wildman–Crippen MR) is 133 cm³/mol. The van der Waals surface area contributed by atoms with Crippen LogP contribution in [0.5, 0.6) is 0 Å². The highest BCUT2D eigenvalue weighted by molar-refractivity contribution is 5.55. The molecule has 0 aliphatic heterocycles. The average Bonchev–Trinajstić information content (AvgIpc) is 2.83. The quantitative estimate of drug-likeness (QED) is 0.303. The van der Waals surface area contributed by atoms with E-state index < -0.39 is 0 Å². The molecule has 1 heterocycles. The Labute approximate surface area is 191 Å². The number of rotatable bonds is 13. The standard InChI is InChI=1S/C29H44N2/c1-3-5-7-8-9-11-24-12-14-25(15-13-24)16-17-26-18-20-28(21-19-26)29-30-22-27(23-31-29)10-6-4-2/h18-25H,3-17H2,1-2H3. The molecule has 0 radical (unpaired) electrons. The van der Waals surface area contributed by atoms with Crippen molar-refractivity contribution in [2.75, 3.05) is 0 Å². The fraction of sp³-hybridized carbons (Fsp3) is 0.655. The molecule has 2 heteroatoms. The van der Waals surface area contributed by atoms with Gasteiger partial charge >= 0.3 is 0 Å². The molecule has 0 atom stereocenters. The van der Waals surface area contributed by atoms with E-state index in [1.54, 1.807) is 0 Å². The van der Waals surface area contributed by atoms with Crippen LogP contribution in [0.25, 0.3) is 11.4 Å². The van der Waals surface area contributed by atoms with E-state index in [1.165, 1.54) is 101 Å². The lowest BCUT2D eigenvalue weighted by molar-refractivity contribution is 0.248. The summed E-state index contributed by atoms with van der Waals surface area (Å²) >= 11 is 0. The second kappa shape index (κ2) is 13.7. The summed E-state index contributed by atoms with van der Waals surface area (Å²) in [6.07, 6.45) is 24.5. The van der Waals surface area contributed by atoms with Crippen molar-refractivity contribution in [3.63, 3.8) is 0 Å². The van der Waals surface area contributed by atoms with E-state index in [2.05, 4.69) is 48.1 Å². The first-order valence-corrected chi connectivity index (χ1v) is 13.2. The van der Waals surface area contributed by atoms with Crippen LogP contribution in [-0.2, 0) is 12.8 Å².